The molecular formula is C36H41N3O6. The van der Waals surface area contributed by atoms with Gasteiger partial charge in [0.2, 0.25) is 0 Å². The molecule has 0 aliphatic heterocycles. The third kappa shape index (κ3) is 12.1. The van der Waals surface area contributed by atoms with Gasteiger partial charge in [-0.05, 0) is 35.1 Å². The summed E-state index contributed by atoms with van der Waals surface area (Å²) in [5, 5.41) is 30.9. The molecule has 9 heteroatoms. The highest BCUT2D eigenvalue weighted by Crippen LogP contribution is 2.10. The van der Waals surface area contributed by atoms with Crippen molar-refractivity contribution in [3.8, 4) is 0 Å². The molecular weight excluding hydrogens is 570 g/mol. The molecule has 9 nitrogen and oxygen atoms in total. The minimum atomic E-state index is -1.00. The number of aliphatic hydroxyl groups excluding tert-OH is 2. The van der Waals surface area contributed by atoms with Gasteiger partial charge in [-0.25, -0.2) is 9.59 Å². The minimum absolute atomic E-state index is 0.0734. The van der Waals surface area contributed by atoms with E-state index in [9.17, 15) is 19.8 Å². The van der Waals surface area contributed by atoms with Crippen molar-refractivity contribution >= 4 is 12.2 Å². The van der Waals surface area contributed by atoms with Crippen molar-refractivity contribution in [1.29, 1.82) is 0 Å². The predicted octanol–water partition coefficient (Wildman–Crippen LogP) is 4.37. The molecule has 0 radical (unpaired) electrons. The number of carbonyl (C=O) groups is 2. The van der Waals surface area contributed by atoms with Gasteiger partial charge in [-0.1, -0.05) is 121 Å². The second kappa shape index (κ2) is 18.2. The Hall–Kier alpha value is -4.70. The average Bonchev–Trinajstić information content (AvgIpc) is 3.07. The molecule has 0 fully saturated rings. The van der Waals surface area contributed by atoms with Crippen molar-refractivity contribution in [3.05, 3.63) is 144 Å². The molecule has 0 bridgehead atoms. The van der Waals surface area contributed by atoms with Gasteiger partial charge in [0.1, 0.15) is 13.2 Å². The Kier molecular flexibility index (Phi) is 13.4. The zero-order valence-corrected chi connectivity index (χ0v) is 25.1. The van der Waals surface area contributed by atoms with Crippen LogP contribution in [0.15, 0.2) is 121 Å². The van der Waals surface area contributed by atoms with E-state index in [4.69, 9.17) is 9.47 Å². The van der Waals surface area contributed by atoms with Crippen molar-refractivity contribution in [2.75, 3.05) is 13.1 Å². The second-order valence-electron chi connectivity index (χ2n) is 10.8. The van der Waals surface area contributed by atoms with Gasteiger partial charge < -0.3 is 35.6 Å². The molecule has 2 amide bonds. The largest absolute Gasteiger partial charge is 0.445 e. The van der Waals surface area contributed by atoms with Crippen LogP contribution in [0.4, 0.5) is 9.59 Å². The normalized spacial score (nSPS) is 13.6. The smallest absolute Gasteiger partial charge is 0.407 e. The number of rotatable bonds is 16. The molecule has 0 aromatic heterocycles. The number of benzene rings is 4. The summed E-state index contributed by atoms with van der Waals surface area (Å²) in [5.41, 5.74) is 3.58. The van der Waals surface area contributed by atoms with Crippen molar-refractivity contribution in [1.82, 2.24) is 16.0 Å². The maximum absolute atomic E-state index is 12.7. The Morgan fingerprint density at radius 2 is 0.822 bits per heavy atom. The number of hydrogen-bond acceptors (Lipinski definition) is 7. The molecule has 4 aromatic rings. The van der Waals surface area contributed by atoms with Gasteiger partial charge in [-0.2, -0.15) is 0 Å². The molecule has 0 unspecified atom stereocenters. The topological polar surface area (TPSA) is 129 Å². The highest BCUT2D eigenvalue weighted by molar-refractivity contribution is 5.68. The summed E-state index contributed by atoms with van der Waals surface area (Å²) in [5.74, 6) is 0. The van der Waals surface area contributed by atoms with Gasteiger partial charge in [-0.3, -0.25) is 0 Å². The van der Waals surface area contributed by atoms with Crippen LogP contribution in [-0.2, 0) is 35.5 Å². The highest BCUT2D eigenvalue weighted by Gasteiger charge is 2.25. The fraction of sp³-hybridized carbons (Fsp3) is 0.278. The number of hydrogen-bond donors (Lipinski definition) is 5. The Bertz CT molecular complexity index is 1300. The van der Waals surface area contributed by atoms with Crippen LogP contribution in [0.2, 0.25) is 0 Å². The van der Waals surface area contributed by atoms with E-state index in [1.807, 2.05) is 121 Å². The standard InChI is InChI=1S/C36H41N3O6/c40-33(31(21-27-13-5-1-6-14-27)38-35(42)44-25-29-17-9-3-10-18-29)23-37-24-34(41)32(22-28-15-7-2-8-16-28)39-36(43)45-26-30-19-11-4-12-20-30/h1-20,31-34,37,40-41H,21-26H2,(H,38,42)(H,39,43)/t31-,32-,33+,34+/m0/s1. The lowest BCUT2D eigenvalue weighted by Gasteiger charge is -2.27. The van der Waals surface area contributed by atoms with Gasteiger partial charge in [0, 0.05) is 13.1 Å². The van der Waals surface area contributed by atoms with Crippen LogP contribution in [-0.4, -0.2) is 59.8 Å². The number of nitrogens with one attached hydrogen (secondary N) is 3. The van der Waals surface area contributed by atoms with Gasteiger partial charge >= 0.3 is 12.2 Å². The van der Waals surface area contributed by atoms with E-state index < -0.39 is 36.5 Å². The summed E-state index contributed by atoms with van der Waals surface area (Å²) in [6.07, 6.45) is -2.54. The number of amides is 2. The molecule has 4 rings (SSSR count). The molecule has 45 heavy (non-hydrogen) atoms. The van der Waals surface area contributed by atoms with Gasteiger partial charge in [0.25, 0.3) is 0 Å². The number of ether oxygens (including phenoxy) is 2. The minimum Gasteiger partial charge on any atom is -0.445 e. The molecule has 0 saturated heterocycles. The monoisotopic (exact) mass is 611 g/mol. The van der Waals surface area contributed by atoms with E-state index in [0.717, 1.165) is 22.3 Å². The molecule has 0 aliphatic carbocycles. The van der Waals surface area contributed by atoms with E-state index >= 15 is 0 Å². The van der Waals surface area contributed by atoms with E-state index in [0.29, 0.717) is 12.8 Å². The molecule has 0 aliphatic rings. The third-order valence-corrected chi connectivity index (χ3v) is 7.26. The van der Waals surface area contributed by atoms with Gasteiger partial charge in [0.05, 0.1) is 24.3 Å². The van der Waals surface area contributed by atoms with Crippen LogP contribution in [0.5, 0.6) is 0 Å². The maximum atomic E-state index is 12.7. The first-order valence-electron chi connectivity index (χ1n) is 15.1. The van der Waals surface area contributed by atoms with Crippen molar-refractivity contribution < 1.29 is 29.3 Å². The summed E-state index contributed by atoms with van der Waals surface area (Å²) < 4.78 is 10.8. The second-order valence-corrected chi connectivity index (χ2v) is 10.8. The summed E-state index contributed by atoms with van der Waals surface area (Å²) in [7, 11) is 0. The first-order valence-corrected chi connectivity index (χ1v) is 15.1. The average molecular weight is 612 g/mol. The fourth-order valence-electron chi connectivity index (χ4n) is 4.80. The quantitative estimate of drug-likeness (QED) is 0.127. The van der Waals surface area contributed by atoms with Crippen LogP contribution < -0.4 is 16.0 Å². The Morgan fingerprint density at radius 3 is 1.16 bits per heavy atom. The van der Waals surface area contributed by atoms with E-state index in [1.54, 1.807) is 0 Å². The number of carbonyl (C=O) groups excluding carboxylic acids is 2. The lowest BCUT2D eigenvalue weighted by Crippen LogP contribution is -2.52. The number of aliphatic hydroxyl groups is 2. The van der Waals surface area contributed by atoms with Crippen LogP contribution in [0.25, 0.3) is 0 Å². The van der Waals surface area contributed by atoms with E-state index in [1.165, 1.54) is 0 Å². The lowest BCUT2D eigenvalue weighted by atomic mass is 10.00. The van der Waals surface area contributed by atoms with Crippen molar-refractivity contribution in [2.24, 2.45) is 0 Å². The molecule has 4 atom stereocenters. The van der Waals surface area contributed by atoms with Gasteiger partial charge in [0.15, 0.2) is 0 Å². The van der Waals surface area contributed by atoms with Crippen LogP contribution in [0.3, 0.4) is 0 Å². The maximum Gasteiger partial charge on any atom is 0.407 e. The Morgan fingerprint density at radius 1 is 0.511 bits per heavy atom. The zero-order valence-electron chi connectivity index (χ0n) is 25.1. The molecule has 236 valence electrons. The van der Waals surface area contributed by atoms with E-state index in [2.05, 4.69) is 16.0 Å². The van der Waals surface area contributed by atoms with Crippen molar-refractivity contribution in [3.63, 3.8) is 0 Å². The summed E-state index contributed by atoms with van der Waals surface area (Å²) in [6, 6.07) is 36.4. The Balaban J connectivity index is 1.32. The summed E-state index contributed by atoms with van der Waals surface area (Å²) in [4.78, 5) is 25.3. The van der Waals surface area contributed by atoms with Crippen molar-refractivity contribution in [2.45, 2.75) is 50.3 Å². The number of alkyl carbamates (subject to hydrolysis) is 2. The SMILES string of the molecule is O=C(N[C@@H](Cc1ccccc1)[C@H](O)CNC[C@@H](O)[C@H](Cc1ccccc1)NC(=O)OCc1ccccc1)OCc1ccccc1. The van der Waals surface area contributed by atoms with Crippen LogP contribution >= 0.6 is 0 Å². The molecule has 4 aromatic carbocycles. The lowest BCUT2D eigenvalue weighted by molar-refractivity contribution is 0.0860. The van der Waals surface area contributed by atoms with E-state index in [-0.39, 0.29) is 26.3 Å². The highest BCUT2D eigenvalue weighted by atomic mass is 16.6. The fourth-order valence-corrected chi connectivity index (χ4v) is 4.80. The first-order chi connectivity index (χ1) is 22.0. The van der Waals surface area contributed by atoms with Crippen LogP contribution in [0, 0.1) is 0 Å². The first kappa shape index (κ1) is 33.2. The zero-order chi connectivity index (χ0) is 31.7. The molecule has 5 N–H and O–H groups in total. The molecule has 0 spiro atoms. The summed E-state index contributed by atoms with van der Waals surface area (Å²) >= 11 is 0. The van der Waals surface area contributed by atoms with Crippen LogP contribution in [0.1, 0.15) is 22.3 Å². The predicted molar refractivity (Wildman–Crippen MR) is 172 cm³/mol. The summed E-state index contributed by atoms with van der Waals surface area (Å²) in [6.45, 7) is 0.359. The molecule has 0 saturated carbocycles. The third-order valence-electron chi connectivity index (χ3n) is 7.26. The van der Waals surface area contributed by atoms with Gasteiger partial charge in [-0.15, -0.1) is 0 Å². The Labute approximate surface area is 264 Å². The molecule has 0 heterocycles.